The molecule has 0 aliphatic carbocycles. The van der Waals surface area contributed by atoms with Gasteiger partial charge in [0.05, 0.1) is 11.1 Å². The summed E-state index contributed by atoms with van der Waals surface area (Å²) in [5.74, 6) is 1.03. The Kier molecular flexibility index (Phi) is 5.64. The molecule has 0 fully saturated rings. The van der Waals surface area contributed by atoms with Crippen LogP contribution >= 0.6 is 27.5 Å². The summed E-state index contributed by atoms with van der Waals surface area (Å²) in [6, 6.07) is 6.12. The molecule has 5 heteroatoms. The van der Waals surface area contributed by atoms with Crippen molar-refractivity contribution in [3.05, 3.63) is 51.5 Å². The van der Waals surface area contributed by atoms with E-state index < -0.39 is 0 Å². The first-order chi connectivity index (χ1) is 9.67. The number of hydrogen-bond donors (Lipinski definition) is 1. The van der Waals surface area contributed by atoms with Crippen molar-refractivity contribution in [2.45, 2.75) is 32.9 Å². The Morgan fingerprint density at radius 3 is 2.85 bits per heavy atom. The smallest absolute Gasteiger partial charge is 0.130 e. The first-order valence-electron chi connectivity index (χ1n) is 6.86. The number of aryl methyl sites for hydroxylation is 1. The quantitative estimate of drug-likeness (QED) is 0.831. The normalized spacial score (nSPS) is 12.6. The summed E-state index contributed by atoms with van der Waals surface area (Å²) < 4.78 is 3.07. The Bertz CT molecular complexity index is 568. The van der Waals surface area contributed by atoms with Gasteiger partial charge in [0.25, 0.3) is 0 Å². The van der Waals surface area contributed by atoms with Crippen LogP contribution in [-0.4, -0.2) is 16.1 Å². The Balaban J connectivity index is 2.38. The first kappa shape index (κ1) is 15.5. The zero-order valence-electron chi connectivity index (χ0n) is 11.7. The highest BCUT2D eigenvalue weighted by Crippen LogP contribution is 2.28. The number of nitrogens with zero attached hydrogens (tertiary/aromatic N) is 2. The fraction of sp³-hybridized carbons (Fsp3) is 0.400. The lowest BCUT2D eigenvalue weighted by Gasteiger charge is -2.20. The number of benzene rings is 1. The van der Waals surface area contributed by atoms with Gasteiger partial charge in [-0.25, -0.2) is 4.98 Å². The van der Waals surface area contributed by atoms with Gasteiger partial charge in [0, 0.05) is 23.4 Å². The number of imidazole rings is 1. The van der Waals surface area contributed by atoms with Crippen LogP contribution in [0, 0.1) is 0 Å². The average Bonchev–Trinajstić information content (AvgIpc) is 2.91. The minimum atomic E-state index is 0.0653. The fourth-order valence-corrected chi connectivity index (χ4v) is 2.62. The Hall–Kier alpha value is -0.840. The third-order valence-corrected chi connectivity index (χ3v) is 4.45. The molecular formula is C15H19BrClN3. The van der Waals surface area contributed by atoms with Crippen LogP contribution in [0.4, 0.5) is 0 Å². The van der Waals surface area contributed by atoms with E-state index in [1.165, 1.54) is 0 Å². The van der Waals surface area contributed by atoms with E-state index in [1.807, 2.05) is 24.5 Å². The van der Waals surface area contributed by atoms with E-state index in [0.717, 1.165) is 40.4 Å². The number of rotatable bonds is 6. The summed E-state index contributed by atoms with van der Waals surface area (Å²) in [4.78, 5) is 4.51. The molecule has 0 aliphatic rings. The van der Waals surface area contributed by atoms with E-state index in [-0.39, 0.29) is 6.04 Å². The topological polar surface area (TPSA) is 29.9 Å². The van der Waals surface area contributed by atoms with Crippen LogP contribution in [0.5, 0.6) is 0 Å². The van der Waals surface area contributed by atoms with Crippen LogP contribution in [0.1, 0.15) is 37.7 Å². The van der Waals surface area contributed by atoms with Gasteiger partial charge >= 0.3 is 0 Å². The molecule has 108 valence electrons. The molecule has 1 N–H and O–H groups in total. The molecule has 3 nitrogen and oxygen atoms in total. The number of halogens is 2. The van der Waals surface area contributed by atoms with Crippen LogP contribution in [-0.2, 0) is 6.54 Å². The zero-order valence-corrected chi connectivity index (χ0v) is 14.1. The van der Waals surface area contributed by atoms with Crippen molar-refractivity contribution in [3.8, 4) is 0 Å². The van der Waals surface area contributed by atoms with Gasteiger partial charge in [-0.2, -0.15) is 0 Å². The maximum absolute atomic E-state index is 6.23. The second kappa shape index (κ2) is 7.25. The largest absolute Gasteiger partial charge is 0.334 e. The summed E-state index contributed by atoms with van der Waals surface area (Å²) in [6.45, 7) is 6.13. The minimum Gasteiger partial charge on any atom is -0.334 e. The molecule has 0 amide bonds. The maximum atomic E-state index is 6.23. The second-order valence-corrected chi connectivity index (χ2v) is 5.89. The lowest BCUT2D eigenvalue weighted by Crippen LogP contribution is -2.26. The zero-order chi connectivity index (χ0) is 14.5. The predicted molar refractivity (Wildman–Crippen MR) is 87.2 cm³/mol. The number of hydrogen-bond acceptors (Lipinski definition) is 2. The average molecular weight is 357 g/mol. The summed E-state index contributed by atoms with van der Waals surface area (Å²) in [7, 11) is 0. The van der Waals surface area contributed by atoms with Gasteiger partial charge in [0.15, 0.2) is 0 Å². The van der Waals surface area contributed by atoms with E-state index in [0.29, 0.717) is 0 Å². The Labute approximate surface area is 133 Å². The molecule has 2 aromatic rings. The van der Waals surface area contributed by atoms with Crippen molar-refractivity contribution in [1.29, 1.82) is 0 Å². The molecule has 0 spiro atoms. The van der Waals surface area contributed by atoms with Crippen molar-refractivity contribution >= 4 is 27.5 Å². The van der Waals surface area contributed by atoms with Crippen molar-refractivity contribution in [2.24, 2.45) is 0 Å². The number of nitrogens with one attached hydrogen (secondary N) is 1. The molecule has 0 bridgehead atoms. The molecule has 2 rings (SSSR count). The SMILES string of the molecule is CCCNC(c1ccc(Br)c(Cl)c1)c1nccn1CC. The highest BCUT2D eigenvalue weighted by atomic mass is 79.9. The maximum Gasteiger partial charge on any atom is 0.130 e. The molecule has 0 saturated carbocycles. The molecular weight excluding hydrogens is 338 g/mol. The molecule has 0 aliphatic heterocycles. The minimum absolute atomic E-state index is 0.0653. The van der Waals surface area contributed by atoms with E-state index in [4.69, 9.17) is 11.6 Å². The van der Waals surface area contributed by atoms with Gasteiger partial charge in [-0.1, -0.05) is 24.6 Å². The lowest BCUT2D eigenvalue weighted by molar-refractivity contribution is 0.541. The van der Waals surface area contributed by atoms with E-state index in [1.54, 1.807) is 0 Å². The molecule has 20 heavy (non-hydrogen) atoms. The van der Waals surface area contributed by atoms with Crippen LogP contribution in [0.3, 0.4) is 0 Å². The summed E-state index contributed by atoms with van der Waals surface area (Å²) in [6.07, 6.45) is 4.93. The van der Waals surface area contributed by atoms with Crippen molar-refractivity contribution in [1.82, 2.24) is 14.9 Å². The Morgan fingerprint density at radius 2 is 2.20 bits per heavy atom. The molecule has 1 aromatic carbocycles. The van der Waals surface area contributed by atoms with E-state index >= 15 is 0 Å². The highest BCUT2D eigenvalue weighted by molar-refractivity contribution is 9.10. The van der Waals surface area contributed by atoms with Crippen LogP contribution < -0.4 is 5.32 Å². The second-order valence-electron chi connectivity index (χ2n) is 4.63. The third-order valence-electron chi connectivity index (χ3n) is 3.22. The van der Waals surface area contributed by atoms with Crippen molar-refractivity contribution in [3.63, 3.8) is 0 Å². The van der Waals surface area contributed by atoms with Crippen LogP contribution in [0.25, 0.3) is 0 Å². The molecule has 1 unspecified atom stereocenters. The van der Waals surface area contributed by atoms with Gasteiger partial charge in [0.2, 0.25) is 0 Å². The van der Waals surface area contributed by atoms with Gasteiger partial charge < -0.3 is 9.88 Å². The van der Waals surface area contributed by atoms with Crippen LogP contribution in [0.2, 0.25) is 5.02 Å². The molecule has 1 aromatic heterocycles. The van der Waals surface area contributed by atoms with Gasteiger partial charge in [-0.15, -0.1) is 0 Å². The molecule has 0 saturated heterocycles. The summed E-state index contributed by atoms with van der Waals surface area (Å²) in [5, 5.41) is 4.27. The molecule has 1 atom stereocenters. The standard InChI is InChI=1S/C15H19BrClN3/c1-3-7-18-14(15-19-8-9-20(15)4-2)11-5-6-12(16)13(17)10-11/h5-6,8-10,14,18H,3-4,7H2,1-2H3. The molecule has 1 heterocycles. The van der Waals surface area contributed by atoms with E-state index in [2.05, 4.69) is 50.7 Å². The van der Waals surface area contributed by atoms with E-state index in [9.17, 15) is 0 Å². The third kappa shape index (κ3) is 3.43. The Morgan fingerprint density at radius 1 is 1.40 bits per heavy atom. The van der Waals surface area contributed by atoms with Gasteiger partial charge in [-0.3, -0.25) is 0 Å². The van der Waals surface area contributed by atoms with Gasteiger partial charge in [0.1, 0.15) is 5.82 Å². The predicted octanol–water partition coefficient (Wildman–Crippen LogP) is 4.41. The van der Waals surface area contributed by atoms with Crippen molar-refractivity contribution in [2.75, 3.05) is 6.54 Å². The molecule has 0 radical (unpaired) electrons. The fourth-order valence-electron chi connectivity index (χ4n) is 2.19. The van der Waals surface area contributed by atoms with Crippen molar-refractivity contribution < 1.29 is 0 Å². The first-order valence-corrected chi connectivity index (χ1v) is 8.03. The van der Waals surface area contributed by atoms with Crippen LogP contribution in [0.15, 0.2) is 35.1 Å². The summed E-state index contributed by atoms with van der Waals surface area (Å²) in [5.41, 5.74) is 1.13. The summed E-state index contributed by atoms with van der Waals surface area (Å²) >= 11 is 9.66. The number of aromatic nitrogens is 2. The van der Waals surface area contributed by atoms with Gasteiger partial charge in [-0.05, 0) is 53.5 Å². The lowest BCUT2D eigenvalue weighted by atomic mass is 10.1. The monoisotopic (exact) mass is 355 g/mol. The highest BCUT2D eigenvalue weighted by Gasteiger charge is 2.18.